The molecule has 0 saturated heterocycles. The van der Waals surface area contributed by atoms with Crippen LogP contribution in [-0.4, -0.2) is 24.2 Å². The first kappa shape index (κ1) is 14.3. The highest BCUT2D eigenvalue weighted by molar-refractivity contribution is 6.30. The van der Waals surface area contributed by atoms with Crippen molar-refractivity contribution in [2.75, 3.05) is 18.0 Å². The third kappa shape index (κ3) is 3.64. The quantitative estimate of drug-likeness (QED) is 0.832. The van der Waals surface area contributed by atoms with Crippen LogP contribution in [0.25, 0.3) is 0 Å². The average molecular weight is 267 g/mol. The summed E-state index contributed by atoms with van der Waals surface area (Å²) < 4.78 is 0. The molecule has 1 rings (SSSR count). The predicted octanol–water partition coefficient (Wildman–Crippen LogP) is 2.70. The van der Waals surface area contributed by atoms with Gasteiger partial charge in [-0.1, -0.05) is 18.5 Å². The third-order valence-corrected chi connectivity index (χ3v) is 2.91. The largest absolute Gasteiger partial charge is 0.481 e. The van der Waals surface area contributed by atoms with Gasteiger partial charge in [0, 0.05) is 17.3 Å². The lowest BCUT2D eigenvalue weighted by Crippen LogP contribution is -2.32. The van der Waals surface area contributed by atoms with Gasteiger partial charge in [0.25, 0.3) is 0 Å². The highest BCUT2D eigenvalue weighted by Crippen LogP contribution is 2.24. The summed E-state index contributed by atoms with van der Waals surface area (Å²) in [5, 5.41) is 18.4. The van der Waals surface area contributed by atoms with E-state index in [1.807, 2.05) is 13.0 Å². The first-order chi connectivity index (χ1) is 8.45. The topological polar surface area (TPSA) is 64.3 Å². The van der Waals surface area contributed by atoms with Gasteiger partial charge in [-0.2, -0.15) is 5.26 Å². The zero-order valence-corrected chi connectivity index (χ0v) is 11.1. The van der Waals surface area contributed by atoms with E-state index in [1.54, 1.807) is 24.0 Å². The Kier molecular flexibility index (Phi) is 4.99. The molecule has 5 heteroatoms. The van der Waals surface area contributed by atoms with Gasteiger partial charge in [-0.3, -0.25) is 4.79 Å². The van der Waals surface area contributed by atoms with Crippen molar-refractivity contribution in [1.29, 1.82) is 5.26 Å². The standard InChI is InChI=1S/C13H15ClN2O2/c1-9-7-11(14)3-4-12(9)16(6-5-15)8-10(2)13(17)18/h3-4,7,10H,6,8H2,1-2H3,(H,17,18). The summed E-state index contributed by atoms with van der Waals surface area (Å²) >= 11 is 5.88. The van der Waals surface area contributed by atoms with Crippen molar-refractivity contribution >= 4 is 23.3 Å². The van der Waals surface area contributed by atoms with Crippen LogP contribution in [0.1, 0.15) is 12.5 Å². The van der Waals surface area contributed by atoms with Crippen LogP contribution in [0.4, 0.5) is 5.69 Å². The lowest BCUT2D eigenvalue weighted by Gasteiger charge is -2.25. The Morgan fingerprint density at radius 2 is 2.28 bits per heavy atom. The van der Waals surface area contributed by atoms with Gasteiger partial charge in [-0.25, -0.2) is 0 Å². The molecule has 18 heavy (non-hydrogen) atoms. The van der Waals surface area contributed by atoms with Gasteiger partial charge in [-0.15, -0.1) is 0 Å². The number of nitriles is 1. The monoisotopic (exact) mass is 266 g/mol. The molecule has 1 atom stereocenters. The van der Waals surface area contributed by atoms with Crippen molar-refractivity contribution in [2.45, 2.75) is 13.8 Å². The maximum atomic E-state index is 10.9. The lowest BCUT2D eigenvalue weighted by atomic mass is 10.1. The Balaban J connectivity index is 2.97. The fraction of sp³-hybridized carbons (Fsp3) is 0.385. The maximum absolute atomic E-state index is 10.9. The minimum Gasteiger partial charge on any atom is -0.481 e. The predicted molar refractivity (Wildman–Crippen MR) is 70.8 cm³/mol. The molecule has 0 bridgehead atoms. The maximum Gasteiger partial charge on any atom is 0.308 e. The van der Waals surface area contributed by atoms with Crippen LogP contribution < -0.4 is 4.90 Å². The van der Waals surface area contributed by atoms with Crippen molar-refractivity contribution < 1.29 is 9.90 Å². The number of aliphatic carboxylic acids is 1. The van der Waals surface area contributed by atoms with E-state index in [4.69, 9.17) is 22.0 Å². The van der Waals surface area contributed by atoms with E-state index in [0.29, 0.717) is 11.6 Å². The number of rotatable bonds is 5. The minimum atomic E-state index is -0.871. The van der Waals surface area contributed by atoms with Gasteiger partial charge in [-0.05, 0) is 30.7 Å². The summed E-state index contributed by atoms with van der Waals surface area (Å²) in [6, 6.07) is 7.40. The molecule has 0 aliphatic heterocycles. The lowest BCUT2D eigenvalue weighted by molar-refractivity contribution is -0.140. The number of hydrogen-bond donors (Lipinski definition) is 1. The van der Waals surface area contributed by atoms with Crippen LogP contribution in [0.3, 0.4) is 0 Å². The van der Waals surface area contributed by atoms with E-state index in [-0.39, 0.29) is 6.54 Å². The molecule has 1 aromatic carbocycles. The number of halogens is 1. The molecule has 4 nitrogen and oxygen atoms in total. The zero-order chi connectivity index (χ0) is 13.7. The number of aryl methyl sites for hydroxylation is 1. The van der Waals surface area contributed by atoms with Crippen molar-refractivity contribution in [3.05, 3.63) is 28.8 Å². The molecular formula is C13H15ClN2O2. The van der Waals surface area contributed by atoms with Crippen LogP contribution in [0.2, 0.25) is 5.02 Å². The van der Waals surface area contributed by atoms with Crippen LogP contribution >= 0.6 is 11.6 Å². The van der Waals surface area contributed by atoms with Crippen LogP contribution in [-0.2, 0) is 4.79 Å². The van der Waals surface area contributed by atoms with Crippen molar-refractivity contribution in [3.63, 3.8) is 0 Å². The zero-order valence-electron chi connectivity index (χ0n) is 10.4. The first-order valence-corrected chi connectivity index (χ1v) is 5.94. The molecule has 0 aliphatic carbocycles. The van der Waals surface area contributed by atoms with E-state index >= 15 is 0 Å². The summed E-state index contributed by atoms with van der Waals surface area (Å²) in [4.78, 5) is 12.6. The van der Waals surface area contributed by atoms with Gasteiger partial charge in [0.05, 0.1) is 12.0 Å². The summed E-state index contributed by atoms with van der Waals surface area (Å²) in [6.07, 6.45) is 0. The Labute approximate surface area is 111 Å². The fourth-order valence-electron chi connectivity index (χ4n) is 1.72. The first-order valence-electron chi connectivity index (χ1n) is 5.56. The average Bonchev–Trinajstić information content (AvgIpc) is 2.28. The Bertz CT molecular complexity index is 482. The van der Waals surface area contributed by atoms with E-state index in [2.05, 4.69) is 6.07 Å². The number of nitrogens with zero attached hydrogens (tertiary/aromatic N) is 2. The van der Waals surface area contributed by atoms with Crippen LogP contribution in [0.5, 0.6) is 0 Å². The number of anilines is 1. The molecule has 0 aromatic heterocycles. The summed E-state index contributed by atoms with van der Waals surface area (Å²) in [5.41, 5.74) is 1.77. The Morgan fingerprint density at radius 3 is 2.78 bits per heavy atom. The SMILES string of the molecule is Cc1cc(Cl)ccc1N(CC#N)CC(C)C(=O)O. The number of carboxylic acid groups (broad SMARTS) is 1. The van der Waals surface area contributed by atoms with Gasteiger partial charge < -0.3 is 10.0 Å². The van der Waals surface area contributed by atoms with Gasteiger partial charge in [0.2, 0.25) is 0 Å². The molecule has 0 heterocycles. The van der Waals surface area contributed by atoms with Crippen LogP contribution in [0.15, 0.2) is 18.2 Å². The number of benzene rings is 1. The van der Waals surface area contributed by atoms with Crippen molar-refractivity contribution in [3.8, 4) is 6.07 Å². The molecule has 0 saturated carbocycles. The molecule has 96 valence electrons. The molecule has 1 aromatic rings. The number of hydrogen-bond acceptors (Lipinski definition) is 3. The van der Waals surface area contributed by atoms with Gasteiger partial charge >= 0.3 is 5.97 Å². The molecular weight excluding hydrogens is 252 g/mol. The molecule has 0 radical (unpaired) electrons. The van der Waals surface area contributed by atoms with E-state index in [1.165, 1.54) is 0 Å². The second kappa shape index (κ2) is 6.27. The second-order valence-electron chi connectivity index (χ2n) is 4.21. The van der Waals surface area contributed by atoms with Gasteiger partial charge in [0.15, 0.2) is 0 Å². The summed E-state index contributed by atoms with van der Waals surface area (Å²) in [7, 11) is 0. The molecule has 1 N–H and O–H groups in total. The normalized spacial score (nSPS) is 11.7. The smallest absolute Gasteiger partial charge is 0.308 e. The minimum absolute atomic E-state index is 0.153. The third-order valence-electron chi connectivity index (χ3n) is 2.68. The molecule has 0 spiro atoms. The second-order valence-corrected chi connectivity index (χ2v) is 4.65. The van der Waals surface area contributed by atoms with E-state index in [0.717, 1.165) is 11.3 Å². The summed E-state index contributed by atoms with van der Waals surface area (Å²) in [5.74, 6) is -1.40. The van der Waals surface area contributed by atoms with E-state index < -0.39 is 11.9 Å². The Hall–Kier alpha value is -1.73. The van der Waals surface area contributed by atoms with E-state index in [9.17, 15) is 4.79 Å². The van der Waals surface area contributed by atoms with Crippen molar-refractivity contribution in [2.24, 2.45) is 5.92 Å². The number of carbonyl (C=O) groups is 1. The van der Waals surface area contributed by atoms with Crippen LogP contribution in [0, 0.1) is 24.2 Å². The van der Waals surface area contributed by atoms with Crippen molar-refractivity contribution in [1.82, 2.24) is 0 Å². The molecule has 0 amide bonds. The highest BCUT2D eigenvalue weighted by Gasteiger charge is 2.17. The fourth-order valence-corrected chi connectivity index (χ4v) is 1.94. The van der Waals surface area contributed by atoms with Gasteiger partial charge in [0.1, 0.15) is 6.54 Å². The summed E-state index contributed by atoms with van der Waals surface area (Å²) in [6.45, 7) is 3.96. The Morgan fingerprint density at radius 1 is 1.61 bits per heavy atom. The molecule has 0 fully saturated rings. The molecule has 1 unspecified atom stereocenters. The molecule has 0 aliphatic rings. The number of carboxylic acids is 1. The highest BCUT2D eigenvalue weighted by atomic mass is 35.5.